The van der Waals surface area contributed by atoms with Crippen LogP contribution in [0.4, 0.5) is 23.0 Å². The third-order valence-electron chi connectivity index (χ3n) is 6.28. The number of pyridine rings is 2. The number of ketones is 1. The highest BCUT2D eigenvalue weighted by atomic mass is 16.5. The Hall–Kier alpha value is -3.16. The van der Waals surface area contributed by atoms with Crippen LogP contribution in [0.25, 0.3) is 0 Å². The van der Waals surface area contributed by atoms with Crippen molar-refractivity contribution in [1.82, 2.24) is 9.97 Å². The monoisotopic (exact) mass is 423 g/mol. The van der Waals surface area contributed by atoms with Crippen molar-refractivity contribution in [2.45, 2.75) is 58.0 Å². The van der Waals surface area contributed by atoms with E-state index in [1.807, 2.05) is 13.1 Å². The van der Waals surface area contributed by atoms with Gasteiger partial charge in [0.05, 0.1) is 24.7 Å². The van der Waals surface area contributed by atoms with Gasteiger partial charge in [-0.15, -0.1) is 0 Å². The molecule has 8 nitrogen and oxygen atoms in total. The summed E-state index contributed by atoms with van der Waals surface area (Å²) < 4.78 is 5.42. The first-order valence-corrected chi connectivity index (χ1v) is 10.8. The van der Waals surface area contributed by atoms with E-state index in [1.54, 1.807) is 24.3 Å². The van der Waals surface area contributed by atoms with Crippen LogP contribution in [0.5, 0.6) is 5.75 Å². The van der Waals surface area contributed by atoms with Crippen molar-refractivity contribution in [2.75, 3.05) is 29.3 Å². The number of rotatable bonds is 6. The zero-order valence-corrected chi connectivity index (χ0v) is 18.5. The fourth-order valence-electron chi connectivity index (χ4n) is 4.61. The van der Waals surface area contributed by atoms with E-state index in [9.17, 15) is 9.59 Å². The largest absolute Gasteiger partial charge is 0.493 e. The highest BCUT2D eigenvalue weighted by Gasteiger charge is 2.40. The van der Waals surface area contributed by atoms with Crippen LogP contribution in [0.3, 0.4) is 0 Å². The number of anilines is 4. The first-order chi connectivity index (χ1) is 14.9. The summed E-state index contributed by atoms with van der Waals surface area (Å²) in [5.41, 5.74) is 2.32. The normalized spacial score (nSPS) is 18.8. The van der Waals surface area contributed by atoms with Crippen molar-refractivity contribution in [1.29, 1.82) is 0 Å². The molecule has 1 saturated carbocycles. The Balaban J connectivity index is 1.72. The lowest BCUT2D eigenvalue weighted by atomic mass is 10.0. The molecule has 2 aromatic rings. The number of Topliss-reactive ketones (excluding diaryl/α,β-unsaturated/α-hetero) is 1. The number of carbonyl (C=O) groups is 2. The van der Waals surface area contributed by atoms with Crippen LogP contribution in [-0.2, 0) is 4.79 Å². The van der Waals surface area contributed by atoms with Crippen molar-refractivity contribution >= 4 is 34.7 Å². The molecule has 2 aromatic heterocycles. The predicted octanol–water partition coefficient (Wildman–Crippen LogP) is 3.94. The Bertz CT molecular complexity index is 1000. The molecule has 3 heterocycles. The Morgan fingerprint density at radius 1 is 1.19 bits per heavy atom. The number of hydrogen-bond acceptors (Lipinski definition) is 7. The van der Waals surface area contributed by atoms with Gasteiger partial charge in [-0.2, -0.15) is 0 Å². The minimum Gasteiger partial charge on any atom is -0.493 e. The van der Waals surface area contributed by atoms with Gasteiger partial charge in [-0.3, -0.25) is 9.59 Å². The number of carbonyl (C=O) groups excluding carboxylic acids is 2. The second-order valence-electron chi connectivity index (χ2n) is 8.18. The highest BCUT2D eigenvalue weighted by molar-refractivity contribution is 6.05. The number of nitrogens with one attached hydrogen (secondary N) is 1. The minimum absolute atomic E-state index is 0.0743. The first kappa shape index (κ1) is 21.1. The van der Waals surface area contributed by atoms with E-state index in [4.69, 9.17) is 4.74 Å². The van der Waals surface area contributed by atoms with E-state index in [0.717, 1.165) is 30.6 Å². The summed E-state index contributed by atoms with van der Waals surface area (Å²) in [6.07, 6.45) is 8.59. The van der Waals surface area contributed by atoms with Crippen LogP contribution in [0.1, 0.15) is 56.3 Å². The quantitative estimate of drug-likeness (QED) is 0.704. The molecule has 0 spiro atoms. The van der Waals surface area contributed by atoms with Gasteiger partial charge in [-0.25, -0.2) is 9.97 Å². The van der Waals surface area contributed by atoms with Gasteiger partial charge in [-0.05, 0) is 32.3 Å². The van der Waals surface area contributed by atoms with Crippen LogP contribution >= 0.6 is 0 Å². The number of nitrogens with zero attached hydrogens (tertiary/aromatic N) is 4. The van der Waals surface area contributed by atoms with Gasteiger partial charge in [0.1, 0.15) is 11.9 Å². The number of amides is 1. The second kappa shape index (κ2) is 8.53. The number of hydrogen-bond donors (Lipinski definition) is 1. The Kier molecular flexibility index (Phi) is 5.80. The van der Waals surface area contributed by atoms with Gasteiger partial charge in [0.2, 0.25) is 5.91 Å². The molecule has 1 atom stereocenters. The van der Waals surface area contributed by atoms with Crippen molar-refractivity contribution in [3.8, 4) is 5.75 Å². The van der Waals surface area contributed by atoms with Crippen molar-refractivity contribution in [3.63, 3.8) is 0 Å². The molecule has 0 aromatic carbocycles. The summed E-state index contributed by atoms with van der Waals surface area (Å²) >= 11 is 0. The van der Waals surface area contributed by atoms with Gasteiger partial charge in [0, 0.05) is 30.9 Å². The molecule has 1 aliphatic heterocycles. The molecule has 1 amide bonds. The smallest absolute Gasteiger partial charge is 0.249 e. The predicted molar refractivity (Wildman–Crippen MR) is 121 cm³/mol. The Morgan fingerprint density at radius 2 is 1.94 bits per heavy atom. The van der Waals surface area contributed by atoms with Crippen molar-refractivity contribution in [2.24, 2.45) is 0 Å². The Labute approximate surface area is 182 Å². The molecule has 164 valence electrons. The third-order valence-corrected chi connectivity index (χ3v) is 6.28. The van der Waals surface area contributed by atoms with Crippen LogP contribution in [0.15, 0.2) is 24.5 Å². The highest BCUT2D eigenvalue weighted by Crippen LogP contribution is 2.42. The maximum atomic E-state index is 13.0. The fourth-order valence-corrected chi connectivity index (χ4v) is 4.61. The van der Waals surface area contributed by atoms with Crippen LogP contribution < -0.4 is 19.9 Å². The van der Waals surface area contributed by atoms with Crippen LogP contribution in [-0.4, -0.2) is 47.9 Å². The zero-order chi connectivity index (χ0) is 22.1. The Morgan fingerprint density at radius 3 is 2.58 bits per heavy atom. The van der Waals surface area contributed by atoms with Gasteiger partial charge < -0.3 is 19.9 Å². The second-order valence-corrected chi connectivity index (χ2v) is 8.18. The third kappa shape index (κ3) is 3.82. The average molecular weight is 424 g/mol. The maximum absolute atomic E-state index is 13.0. The minimum atomic E-state index is -0.168. The van der Waals surface area contributed by atoms with E-state index in [0.29, 0.717) is 29.0 Å². The number of methoxy groups -OCH3 is 1. The first-order valence-electron chi connectivity index (χ1n) is 10.8. The number of likely N-dealkylation sites (N-methyl/N-ethyl adjacent to an activating group) is 1. The summed E-state index contributed by atoms with van der Waals surface area (Å²) in [7, 11) is 3.36. The van der Waals surface area contributed by atoms with Crippen molar-refractivity contribution in [3.05, 3.63) is 30.1 Å². The molecule has 0 unspecified atom stereocenters. The maximum Gasteiger partial charge on any atom is 0.249 e. The fraction of sp³-hybridized carbons (Fsp3) is 0.478. The molecule has 0 bridgehead atoms. The number of ether oxygens (including phenoxy) is 1. The molecule has 4 rings (SSSR count). The van der Waals surface area contributed by atoms with E-state index in [2.05, 4.69) is 27.1 Å². The zero-order valence-electron chi connectivity index (χ0n) is 18.5. The van der Waals surface area contributed by atoms with Gasteiger partial charge in [0.15, 0.2) is 17.4 Å². The van der Waals surface area contributed by atoms with Crippen LogP contribution in [0.2, 0.25) is 0 Å². The molecule has 1 aliphatic carbocycles. The van der Waals surface area contributed by atoms with E-state index in [-0.39, 0.29) is 17.7 Å². The molecule has 0 saturated heterocycles. The lowest BCUT2D eigenvalue weighted by molar-refractivity contribution is -0.120. The van der Waals surface area contributed by atoms with Crippen molar-refractivity contribution < 1.29 is 14.3 Å². The van der Waals surface area contributed by atoms with Gasteiger partial charge >= 0.3 is 0 Å². The summed E-state index contributed by atoms with van der Waals surface area (Å²) in [6, 6.07) is 3.84. The summed E-state index contributed by atoms with van der Waals surface area (Å²) in [6.45, 7) is 3.56. The number of aromatic nitrogens is 2. The van der Waals surface area contributed by atoms with E-state index >= 15 is 0 Å². The van der Waals surface area contributed by atoms with Gasteiger partial charge in [-0.1, -0.05) is 19.8 Å². The molecular weight excluding hydrogens is 394 g/mol. The lowest BCUT2D eigenvalue weighted by Crippen LogP contribution is -2.55. The molecule has 1 N–H and O–H groups in total. The molecule has 0 radical (unpaired) electrons. The van der Waals surface area contributed by atoms with E-state index in [1.165, 1.54) is 26.0 Å². The molecule has 8 heteroatoms. The summed E-state index contributed by atoms with van der Waals surface area (Å²) in [5.74, 6) is 1.61. The standard InChI is InChI=1S/C23H29N5O3/c1-5-17-23(30)27(3)19-13-24-21(11-18(19)28(17)16-8-6-7-9-16)26-22-20(31-4)10-15(12-25-22)14(2)29/h10-13,16-17H,5-9H2,1-4H3,(H,24,25,26)/t17-/m1/s1. The molecular formula is C23H29N5O3. The summed E-state index contributed by atoms with van der Waals surface area (Å²) in [4.78, 5) is 37.6. The van der Waals surface area contributed by atoms with Gasteiger partial charge in [0.25, 0.3) is 0 Å². The molecule has 2 aliphatic rings. The van der Waals surface area contributed by atoms with Crippen LogP contribution in [0, 0.1) is 0 Å². The topological polar surface area (TPSA) is 87.7 Å². The molecule has 1 fully saturated rings. The summed E-state index contributed by atoms with van der Waals surface area (Å²) in [5, 5.41) is 3.22. The molecule has 31 heavy (non-hydrogen) atoms. The average Bonchev–Trinajstić information content (AvgIpc) is 3.30. The SMILES string of the molecule is CC[C@@H]1C(=O)N(C)c2cnc(Nc3ncc(C(C)=O)cc3OC)cc2N1C1CCCC1. The number of fused-ring (bicyclic) bond motifs is 1. The van der Waals surface area contributed by atoms with E-state index < -0.39 is 0 Å². The lowest BCUT2D eigenvalue weighted by Gasteiger charge is -2.44.